The normalized spacial score (nSPS) is 11.2. The summed E-state index contributed by atoms with van der Waals surface area (Å²) in [6.07, 6.45) is 2.80. The first-order valence-electron chi connectivity index (χ1n) is 9.49. The molecule has 0 spiro atoms. The van der Waals surface area contributed by atoms with Crippen LogP contribution in [0.3, 0.4) is 0 Å². The number of methoxy groups -OCH3 is 1. The molecule has 0 aromatic heterocycles. The number of halogens is 1. The van der Waals surface area contributed by atoms with Crippen molar-refractivity contribution in [1.82, 2.24) is 5.32 Å². The molecule has 1 N–H and O–H groups in total. The molecule has 0 aliphatic rings. The number of nitrogens with zero attached hydrogens (tertiary/aromatic N) is 1. The molecule has 0 saturated carbocycles. The molecule has 0 aliphatic heterocycles. The lowest BCUT2D eigenvalue weighted by atomic mass is 10.2. The zero-order valence-electron chi connectivity index (χ0n) is 16.9. The van der Waals surface area contributed by atoms with Crippen LogP contribution in [0.4, 0.5) is 10.1 Å². The molecular weight excluding hydrogens is 395 g/mol. The quantitative estimate of drug-likeness (QED) is 0.593. The number of carbonyl (C=O) groups is 1. The van der Waals surface area contributed by atoms with E-state index in [-0.39, 0.29) is 16.3 Å². The number of amides is 1. The summed E-state index contributed by atoms with van der Waals surface area (Å²) in [7, 11) is -2.76. The maximum Gasteiger partial charge on any atom is 0.268 e. The van der Waals surface area contributed by atoms with Crippen LogP contribution in [0.1, 0.15) is 31.7 Å². The highest BCUT2D eigenvalue weighted by Gasteiger charge is 2.30. The molecule has 0 bridgehead atoms. The molecule has 2 aromatic rings. The topological polar surface area (TPSA) is 75.7 Å². The molecule has 8 heteroatoms. The third-order valence-electron chi connectivity index (χ3n) is 4.39. The highest BCUT2D eigenvalue weighted by Crippen LogP contribution is 2.30. The lowest BCUT2D eigenvalue weighted by molar-refractivity contribution is -0.119. The molecule has 0 fully saturated rings. The zero-order valence-corrected chi connectivity index (χ0v) is 17.8. The molecule has 29 heavy (non-hydrogen) atoms. The van der Waals surface area contributed by atoms with Gasteiger partial charge in [-0.3, -0.25) is 9.10 Å². The smallest absolute Gasteiger partial charge is 0.268 e. The average molecular weight is 423 g/mol. The molecule has 0 heterocycles. The zero-order chi connectivity index (χ0) is 21.4. The summed E-state index contributed by atoms with van der Waals surface area (Å²) in [6.45, 7) is 3.87. The Morgan fingerprint density at radius 3 is 2.45 bits per heavy atom. The molecular formula is C21H27FN2O4S. The van der Waals surface area contributed by atoms with Gasteiger partial charge in [-0.15, -0.1) is 0 Å². The predicted octanol–water partition coefficient (Wildman–Crippen LogP) is 3.64. The van der Waals surface area contributed by atoms with Crippen molar-refractivity contribution in [2.24, 2.45) is 0 Å². The molecule has 2 rings (SSSR count). The number of carbonyl (C=O) groups excluding carboxylic acids is 1. The Morgan fingerprint density at radius 2 is 1.83 bits per heavy atom. The van der Waals surface area contributed by atoms with E-state index in [0.717, 1.165) is 41.3 Å². The number of unbranched alkanes of at least 4 members (excludes halogenated alkanes) is 2. The van der Waals surface area contributed by atoms with Gasteiger partial charge in [0.1, 0.15) is 23.0 Å². The largest absolute Gasteiger partial charge is 0.495 e. The van der Waals surface area contributed by atoms with Crippen molar-refractivity contribution in [3.05, 3.63) is 53.8 Å². The maximum atomic E-state index is 13.4. The number of hydrogen-bond acceptors (Lipinski definition) is 4. The van der Waals surface area contributed by atoms with Crippen molar-refractivity contribution < 1.29 is 22.3 Å². The first-order valence-corrected chi connectivity index (χ1v) is 10.9. The van der Waals surface area contributed by atoms with Crippen molar-refractivity contribution >= 4 is 21.6 Å². The lowest BCUT2D eigenvalue weighted by Gasteiger charge is -2.25. The van der Waals surface area contributed by atoms with E-state index in [1.165, 1.54) is 25.3 Å². The summed E-state index contributed by atoms with van der Waals surface area (Å²) in [5, 5.41) is 2.74. The third-order valence-corrected chi connectivity index (χ3v) is 6.19. The number of nitrogens with one attached hydrogen (secondary N) is 1. The maximum absolute atomic E-state index is 13.4. The van der Waals surface area contributed by atoms with Gasteiger partial charge in [-0.25, -0.2) is 12.8 Å². The van der Waals surface area contributed by atoms with Gasteiger partial charge in [0.25, 0.3) is 10.0 Å². The van der Waals surface area contributed by atoms with Crippen LogP contribution in [0.5, 0.6) is 5.75 Å². The minimum Gasteiger partial charge on any atom is -0.495 e. The van der Waals surface area contributed by atoms with Crippen LogP contribution < -0.4 is 14.4 Å². The van der Waals surface area contributed by atoms with Crippen LogP contribution >= 0.6 is 0 Å². The SMILES string of the molecule is CCCCCNC(=O)CN(c1ccc(F)cc1)S(=O)(=O)c1cc(C)ccc1OC. The van der Waals surface area contributed by atoms with Gasteiger partial charge < -0.3 is 10.1 Å². The Balaban J connectivity index is 2.40. The van der Waals surface area contributed by atoms with Gasteiger partial charge in [0.05, 0.1) is 12.8 Å². The Kier molecular flexibility index (Phi) is 8.01. The average Bonchev–Trinajstić information content (AvgIpc) is 2.70. The highest BCUT2D eigenvalue weighted by molar-refractivity contribution is 7.93. The number of rotatable bonds is 10. The summed E-state index contributed by atoms with van der Waals surface area (Å²) in [4.78, 5) is 12.4. The minimum atomic E-state index is -4.14. The van der Waals surface area contributed by atoms with E-state index in [1.807, 2.05) is 0 Å². The van der Waals surface area contributed by atoms with Gasteiger partial charge in [-0.05, 0) is 55.3 Å². The molecule has 0 unspecified atom stereocenters. The minimum absolute atomic E-state index is 0.0527. The molecule has 2 aromatic carbocycles. The van der Waals surface area contributed by atoms with Gasteiger partial charge >= 0.3 is 0 Å². The van der Waals surface area contributed by atoms with Crippen LogP contribution in [0, 0.1) is 12.7 Å². The molecule has 6 nitrogen and oxygen atoms in total. The molecule has 0 aliphatic carbocycles. The Hall–Kier alpha value is -2.61. The lowest BCUT2D eigenvalue weighted by Crippen LogP contribution is -2.41. The summed E-state index contributed by atoms with van der Waals surface area (Å²) in [6, 6.07) is 9.77. The van der Waals surface area contributed by atoms with Gasteiger partial charge in [0, 0.05) is 6.54 Å². The number of aryl methyl sites for hydroxylation is 1. The number of sulfonamides is 1. The number of hydrogen-bond donors (Lipinski definition) is 1. The fraction of sp³-hybridized carbons (Fsp3) is 0.381. The second kappa shape index (κ2) is 10.2. The van der Waals surface area contributed by atoms with Crippen LogP contribution in [0.25, 0.3) is 0 Å². The van der Waals surface area contributed by atoms with Gasteiger partial charge in [0.15, 0.2) is 0 Å². The summed E-state index contributed by atoms with van der Waals surface area (Å²) < 4.78 is 46.4. The van der Waals surface area contributed by atoms with Crippen LogP contribution in [0.15, 0.2) is 47.4 Å². The first-order chi connectivity index (χ1) is 13.8. The number of anilines is 1. The van der Waals surface area contributed by atoms with E-state index < -0.39 is 28.3 Å². The Bertz CT molecular complexity index is 930. The summed E-state index contributed by atoms with van der Waals surface area (Å²) in [5.74, 6) is -0.755. The van der Waals surface area contributed by atoms with E-state index >= 15 is 0 Å². The molecule has 0 atom stereocenters. The van der Waals surface area contributed by atoms with Crippen molar-refractivity contribution in [1.29, 1.82) is 0 Å². The second-order valence-electron chi connectivity index (χ2n) is 6.70. The number of benzene rings is 2. The van der Waals surface area contributed by atoms with E-state index in [4.69, 9.17) is 4.74 Å². The Morgan fingerprint density at radius 1 is 1.14 bits per heavy atom. The van der Waals surface area contributed by atoms with Crippen LogP contribution in [-0.2, 0) is 14.8 Å². The standard InChI is InChI=1S/C21H27FN2O4S/c1-4-5-6-13-23-21(25)15-24(18-10-8-17(22)9-11-18)29(26,27)20-14-16(2)7-12-19(20)28-3/h7-12,14H,4-6,13,15H2,1-3H3,(H,23,25). The van der Waals surface area contributed by atoms with Crippen molar-refractivity contribution in [3.63, 3.8) is 0 Å². The van der Waals surface area contributed by atoms with Crippen molar-refractivity contribution in [3.8, 4) is 5.75 Å². The predicted molar refractivity (Wildman–Crippen MR) is 111 cm³/mol. The van der Waals surface area contributed by atoms with Crippen molar-refractivity contribution in [2.75, 3.05) is 24.5 Å². The van der Waals surface area contributed by atoms with E-state index in [0.29, 0.717) is 6.54 Å². The van der Waals surface area contributed by atoms with Crippen LogP contribution in [0.2, 0.25) is 0 Å². The fourth-order valence-electron chi connectivity index (χ4n) is 2.82. The molecule has 0 radical (unpaired) electrons. The number of ether oxygens (including phenoxy) is 1. The summed E-state index contributed by atoms with van der Waals surface area (Å²) in [5.41, 5.74) is 0.922. The van der Waals surface area contributed by atoms with Crippen LogP contribution in [-0.4, -0.2) is 34.5 Å². The first kappa shape index (κ1) is 22.7. The Labute approximate surface area is 171 Å². The van der Waals surface area contributed by atoms with E-state index in [1.54, 1.807) is 19.1 Å². The molecule has 1 amide bonds. The van der Waals surface area contributed by atoms with Gasteiger partial charge in [0.2, 0.25) is 5.91 Å². The van der Waals surface area contributed by atoms with E-state index in [2.05, 4.69) is 12.2 Å². The van der Waals surface area contributed by atoms with Crippen molar-refractivity contribution in [2.45, 2.75) is 38.0 Å². The second-order valence-corrected chi connectivity index (χ2v) is 8.53. The molecule has 158 valence electrons. The van der Waals surface area contributed by atoms with Gasteiger partial charge in [-0.2, -0.15) is 0 Å². The van der Waals surface area contributed by atoms with Gasteiger partial charge in [-0.1, -0.05) is 25.8 Å². The summed E-state index contributed by atoms with van der Waals surface area (Å²) >= 11 is 0. The fourth-order valence-corrected chi connectivity index (χ4v) is 4.48. The molecule has 0 saturated heterocycles. The highest BCUT2D eigenvalue weighted by atomic mass is 32.2. The van der Waals surface area contributed by atoms with E-state index in [9.17, 15) is 17.6 Å². The monoisotopic (exact) mass is 422 g/mol. The third kappa shape index (κ3) is 5.93.